The zero-order chi connectivity index (χ0) is 21.5. The predicted octanol–water partition coefficient (Wildman–Crippen LogP) is 7.19. The lowest BCUT2D eigenvalue weighted by Gasteiger charge is -2.27. The van der Waals surface area contributed by atoms with Crippen LogP contribution in [-0.4, -0.2) is 24.7 Å². The van der Waals surface area contributed by atoms with Gasteiger partial charge in [-0.1, -0.05) is 68.3 Å². The molecule has 4 heteroatoms. The van der Waals surface area contributed by atoms with E-state index in [-0.39, 0.29) is 11.6 Å². The highest BCUT2D eigenvalue weighted by Gasteiger charge is 2.30. The van der Waals surface area contributed by atoms with Crippen LogP contribution in [0.4, 0.5) is 5.69 Å². The van der Waals surface area contributed by atoms with Crippen LogP contribution < -0.4 is 4.90 Å². The zero-order valence-electron chi connectivity index (χ0n) is 18.2. The Hall–Kier alpha value is -1.94. The van der Waals surface area contributed by atoms with Gasteiger partial charge in [-0.2, -0.15) is 0 Å². The molecule has 0 aliphatic heterocycles. The number of fused-ring (bicyclic) bond motifs is 2. The lowest BCUT2D eigenvalue weighted by molar-refractivity contribution is 0.0979. The summed E-state index contributed by atoms with van der Waals surface area (Å²) in [5.41, 5.74) is 3.12. The van der Waals surface area contributed by atoms with Gasteiger partial charge in [0.15, 0.2) is 11.6 Å². The average molecular weight is 470 g/mol. The summed E-state index contributed by atoms with van der Waals surface area (Å²) in [6, 6.07) is 11.1. The summed E-state index contributed by atoms with van der Waals surface area (Å²) in [4.78, 5) is 28.5. The quantitative estimate of drug-likeness (QED) is 0.278. The van der Waals surface area contributed by atoms with Gasteiger partial charge < -0.3 is 4.90 Å². The molecule has 30 heavy (non-hydrogen) atoms. The van der Waals surface area contributed by atoms with Crippen molar-refractivity contribution >= 4 is 33.2 Å². The number of unbranched alkanes of at least 4 members (excludes halogenated alkanes) is 6. The maximum absolute atomic E-state index is 13.2. The number of halogens is 1. The number of carbonyl (C=O) groups excluding carboxylic acids is 2. The first-order valence-electron chi connectivity index (χ1n) is 11.3. The standard InChI is InChI=1S/C26H32BrNO2/c1-3-5-7-9-15-28(16-10-8-6-4-2)20-12-14-22-24(18-20)26(30)21-13-11-19(27)17-23(21)25(22)29/h11-14,17-18H,3-10,15-16H2,1-2H3. The Morgan fingerprint density at radius 3 is 1.77 bits per heavy atom. The minimum Gasteiger partial charge on any atom is -0.372 e. The van der Waals surface area contributed by atoms with Gasteiger partial charge in [0, 0.05) is 45.5 Å². The highest BCUT2D eigenvalue weighted by atomic mass is 79.9. The number of ketones is 2. The van der Waals surface area contributed by atoms with Crippen molar-refractivity contribution in [3.05, 3.63) is 63.1 Å². The second-order valence-corrected chi connectivity index (χ2v) is 9.10. The van der Waals surface area contributed by atoms with Gasteiger partial charge in [0.1, 0.15) is 0 Å². The third-order valence-electron chi connectivity index (χ3n) is 5.89. The molecule has 0 saturated heterocycles. The summed E-state index contributed by atoms with van der Waals surface area (Å²) in [5.74, 6) is -0.115. The van der Waals surface area contributed by atoms with Crippen molar-refractivity contribution in [2.45, 2.75) is 65.2 Å². The van der Waals surface area contributed by atoms with Crippen molar-refractivity contribution in [1.29, 1.82) is 0 Å². The van der Waals surface area contributed by atoms with E-state index in [1.807, 2.05) is 24.3 Å². The van der Waals surface area contributed by atoms with Crippen molar-refractivity contribution in [1.82, 2.24) is 0 Å². The lowest BCUT2D eigenvalue weighted by atomic mass is 9.84. The van der Waals surface area contributed by atoms with Crippen molar-refractivity contribution in [3.63, 3.8) is 0 Å². The molecule has 2 aromatic carbocycles. The first-order chi connectivity index (χ1) is 14.6. The zero-order valence-corrected chi connectivity index (χ0v) is 19.8. The van der Waals surface area contributed by atoms with Crippen molar-refractivity contribution in [2.75, 3.05) is 18.0 Å². The maximum Gasteiger partial charge on any atom is 0.194 e. The molecule has 0 fully saturated rings. The Kier molecular flexibility index (Phi) is 8.26. The SMILES string of the molecule is CCCCCCN(CCCCCC)c1ccc2c(c1)C(=O)c1ccc(Br)cc1C2=O. The molecule has 0 spiro atoms. The number of hydrogen-bond acceptors (Lipinski definition) is 3. The molecule has 2 aromatic rings. The first kappa shape index (κ1) is 22.7. The predicted molar refractivity (Wildman–Crippen MR) is 128 cm³/mol. The van der Waals surface area contributed by atoms with Crippen molar-refractivity contribution < 1.29 is 9.59 Å². The fraction of sp³-hybridized carbons (Fsp3) is 0.462. The second-order valence-electron chi connectivity index (χ2n) is 8.19. The summed E-state index contributed by atoms with van der Waals surface area (Å²) < 4.78 is 0.813. The molecule has 0 amide bonds. The molecule has 1 aliphatic rings. The summed E-state index contributed by atoms with van der Waals surface area (Å²) in [7, 11) is 0. The molecule has 0 bridgehead atoms. The topological polar surface area (TPSA) is 37.4 Å². The molecule has 1 aliphatic carbocycles. The van der Waals surface area contributed by atoms with E-state index in [1.165, 1.54) is 38.5 Å². The van der Waals surface area contributed by atoms with Gasteiger partial charge in [-0.15, -0.1) is 0 Å². The monoisotopic (exact) mass is 469 g/mol. The minimum atomic E-state index is -0.0649. The van der Waals surface area contributed by atoms with Crippen LogP contribution in [0.25, 0.3) is 0 Å². The molecule has 0 radical (unpaired) electrons. The Morgan fingerprint density at radius 2 is 1.20 bits per heavy atom. The van der Waals surface area contributed by atoms with Crippen LogP contribution in [0.3, 0.4) is 0 Å². The fourth-order valence-corrected chi connectivity index (χ4v) is 4.50. The van der Waals surface area contributed by atoms with Crippen LogP contribution in [0.15, 0.2) is 40.9 Å². The van der Waals surface area contributed by atoms with E-state index in [4.69, 9.17) is 0 Å². The largest absolute Gasteiger partial charge is 0.372 e. The minimum absolute atomic E-state index is 0.0501. The fourth-order valence-electron chi connectivity index (χ4n) is 4.14. The Labute approximate surface area is 189 Å². The number of rotatable bonds is 11. The van der Waals surface area contributed by atoms with Crippen LogP contribution in [0.1, 0.15) is 97.1 Å². The summed E-state index contributed by atoms with van der Waals surface area (Å²) in [5, 5.41) is 0. The van der Waals surface area contributed by atoms with Crippen LogP contribution >= 0.6 is 15.9 Å². The third-order valence-corrected chi connectivity index (χ3v) is 6.38. The van der Waals surface area contributed by atoms with Gasteiger partial charge in [0.25, 0.3) is 0 Å². The van der Waals surface area contributed by atoms with E-state index < -0.39 is 0 Å². The normalized spacial score (nSPS) is 12.6. The molecule has 0 heterocycles. The lowest BCUT2D eigenvalue weighted by Crippen LogP contribution is -2.27. The van der Waals surface area contributed by atoms with Crippen LogP contribution in [0.2, 0.25) is 0 Å². The smallest absolute Gasteiger partial charge is 0.194 e. The van der Waals surface area contributed by atoms with Crippen LogP contribution in [0.5, 0.6) is 0 Å². The maximum atomic E-state index is 13.2. The molecule has 0 atom stereocenters. The van der Waals surface area contributed by atoms with Gasteiger partial charge in [0.2, 0.25) is 0 Å². The highest BCUT2D eigenvalue weighted by molar-refractivity contribution is 9.10. The molecule has 0 aromatic heterocycles. The number of carbonyl (C=O) groups is 2. The number of benzene rings is 2. The number of hydrogen-bond donors (Lipinski definition) is 0. The summed E-state index contributed by atoms with van der Waals surface area (Å²) in [6.45, 7) is 6.45. The molecular formula is C26H32BrNO2. The van der Waals surface area contributed by atoms with Gasteiger partial charge in [-0.25, -0.2) is 0 Å². The van der Waals surface area contributed by atoms with Gasteiger partial charge >= 0.3 is 0 Å². The molecule has 3 rings (SSSR count). The summed E-state index contributed by atoms with van der Waals surface area (Å²) in [6.07, 6.45) is 9.73. The Balaban J connectivity index is 1.85. The van der Waals surface area contributed by atoms with E-state index >= 15 is 0 Å². The van der Waals surface area contributed by atoms with E-state index in [0.29, 0.717) is 22.3 Å². The summed E-state index contributed by atoms with van der Waals surface area (Å²) >= 11 is 3.41. The molecule has 0 unspecified atom stereocenters. The average Bonchev–Trinajstić information content (AvgIpc) is 2.76. The van der Waals surface area contributed by atoms with Gasteiger partial charge in [0.05, 0.1) is 0 Å². The van der Waals surface area contributed by atoms with Crippen molar-refractivity contribution in [2.24, 2.45) is 0 Å². The van der Waals surface area contributed by atoms with Crippen molar-refractivity contribution in [3.8, 4) is 0 Å². The first-order valence-corrected chi connectivity index (χ1v) is 12.1. The van der Waals surface area contributed by atoms with Gasteiger partial charge in [-0.3, -0.25) is 9.59 Å². The van der Waals surface area contributed by atoms with E-state index in [2.05, 4.69) is 34.7 Å². The van der Waals surface area contributed by atoms with E-state index in [1.54, 1.807) is 12.1 Å². The van der Waals surface area contributed by atoms with Gasteiger partial charge in [-0.05, 0) is 49.2 Å². The molecule has 0 N–H and O–H groups in total. The Bertz CT molecular complexity index is 894. The highest BCUT2D eigenvalue weighted by Crippen LogP contribution is 2.32. The number of anilines is 1. The second kappa shape index (κ2) is 10.9. The Morgan fingerprint density at radius 1 is 0.667 bits per heavy atom. The van der Waals surface area contributed by atoms with Crippen LogP contribution in [0, 0.1) is 0 Å². The molecule has 0 saturated carbocycles. The van der Waals surface area contributed by atoms with E-state index in [9.17, 15) is 9.59 Å². The molecular weight excluding hydrogens is 438 g/mol. The molecule has 3 nitrogen and oxygen atoms in total. The van der Waals surface area contributed by atoms with Crippen LogP contribution in [-0.2, 0) is 0 Å². The van der Waals surface area contributed by atoms with E-state index in [0.717, 1.165) is 36.1 Å². The number of nitrogens with zero attached hydrogens (tertiary/aromatic N) is 1. The molecule has 160 valence electrons. The third kappa shape index (κ3) is 5.21.